The van der Waals surface area contributed by atoms with Crippen LogP contribution < -0.4 is 5.32 Å². The number of nitrogens with one attached hydrogen (secondary N) is 1. The summed E-state index contributed by atoms with van der Waals surface area (Å²) in [5.74, 6) is -0.310. The summed E-state index contributed by atoms with van der Waals surface area (Å²) in [6, 6.07) is 18.1. The fraction of sp³-hybridized carbons (Fsp3) is 0.0833. The van der Waals surface area contributed by atoms with Crippen molar-refractivity contribution in [2.45, 2.75) is 6.04 Å². The van der Waals surface area contributed by atoms with Crippen LogP contribution in [0.2, 0.25) is 0 Å². The van der Waals surface area contributed by atoms with Crippen molar-refractivity contribution in [1.82, 2.24) is 9.55 Å². The van der Waals surface area contributed by atoms with Crippen molar-refractivity contribution in [2.24, 2.45) is 7.05 Å². The predicted molar refractivity (Wildman–Crippen MR) is 118 cm³/mol. The summed E-state index contributed by atoms with van der Waals surface area (Å²) in [4.78, 5) is 28.3. The molecule has 0 fully saturated rings. The van der Waals surface area contributed by atoms with E-state index in [0.717, 1.165) is 0 Å². The third-order valence-corrected chi connectivity index (χ3v) is 5.13. The largest absolute Gasteiger partial charge is 0.366 e. The van der Waals surface area contributed by atoms with Gasteiger partial charge in [-0.1, -0.05) is 48.5 Å². The highest BCUT2D eigenvalue weighted by molar-refractivity contribution is 6.09. The molecule has 1 N–H and O–H groups in total. The van der Waals surface area contributed by atoms with Crippen LogP contribution in [0.5, 0.6) is 0 Å². The van der Waals surface area contributed by atoms with Crippen molar-refractivity contribution in [2.75, 3.05) is 5.32 Å². The lowest BCUT2D eigenvalue weighted by molar-refractivity contribution is -0.384. The standard InChI is InChI=1S/C24H19FN4O3/c1-28-14-13-26-24(28)22(18-9-5-6-10-19(18)25)27-20-12-11-17(15-21(20)29(31)32)23(30)16-7-3-2-4-8-16/h2-15,22,27H,1H3. The van der Waals surface area contributed by atoms with Crippen molar-refractivity contribution in [1.29, 1.82) is 0 Å². The average molecular weight is 430 g/mol. The number of nitro groups is 1. The van der Waals surface area contributed by atoms with Crippen LogP contribution in [0.1, 0.15) is 33.4 Å². The van der Waals surface area contributed by atoms with Crippen molar-refractivity contribution >= 4 is 17.2 Å². The molecule has 8 heteroatoms. The van der Waals surface area contributed by atoms with E-state index in [9.17, 15) is 19.3 Å². The Hall–Kier alpha value is -4.33. The molecule has 4 rings (SSSR count). The third-order valence-electron chi connectivity index (χ3n) is 5.13. The van der Waals surface area contributed by atoms with E-state index in [2.05, 4.69) is 10.3 Å². The Bertz CT molecular complexity index is 1290. The van der Waals surface area contributed by atoms with E-state index in [4.69, 9.17) is 0 Å². The third kappa shape index (κ3) is 4.11. The molecule has 0 radical (unpaired) electrons. The molecule has 0 aliphatic rings. The second-order valence-corrected chi connectivity index (χ2v) is 7.18. The van der Waals surface area contributed by atoms with Gasteiger partial charge in [-0.15, -0.1) is 0 Å². The number of carbonyl (C=O) groups is 1. The van der Waals surface area contributed by atoms with Gasteiger partial charge in [-0.05, 0) is 18.2 Å². The zero-order valence-electron chi connectivity index (χ0n) is 17.1. The van der Waals surface area contributed by atoms with Crippen LogP contribution in [0.15, 0.2) is 85.2 Å². The van der Waals surface area contributed by atoms with Gasteiger partial charge in [-0.3, -0.25) is 14.9 Å². The van der Waals surface area contributed by atoms with Gasteiger partial charge < -0.3 is 9.88 Å². The van der Waals surface area contributed by atoms with E-state index >= 15 is 0 Å². The molecule has 0 saturated carbocycles. The summed E-state index contributed by atoms with van der Waals surface area (Å²) >= 11 is 0. The smallest absolute Gasteiger partial charge is 0.293 e. The zero-order valence-corrected chi connectivity index (χ0v) is 17.1. The Kier molecular flexibility index (Phi) is 5.76. The number of aromatic nitrogens is 2. The van der Waals surface area contributed by atoms with Gasteiger partial charge >= 0.3 is 0 Å². The molecule has 3 aromatic carbocycles. The van der Waals surface area contributed by atoms with Gasteiger partial charge in [-0.25, -0.2) is 9.37 Å². The number of aryl methyl sites for hydroxylation is 1. The van der Waals surface area contributed by atoms with Gasteiger partial charge in [0.2, 0.25) is 0 Å². The van der Waals surface area contributed by atoms with Crippen molar-refractivity contribution in [3.05, 3.63) is 124 Å². The van der Waals surface area contributed by atoms with Crippen molar-refractivity contribution in [3.63, 3.8) is 0 Å². The van der Waals surface area contributed by atoms with Crippen molar-refractivity contribution in [3.8, 4) is 0 Å². The molecule has 4 aromatic rings. The first-order chi connectivity index (χ1) is 15.5. The maximum absolute atomic E-state index is 14.6. The lowest BCUT2D eigenvalue weighted by Gasteiger charge is -2.21. The first kappa shape index (κ1) is 20.9. The quantitative estimate of drug-likeness (QED) is 0.256. The van der Waals surface area contributed by atoms with Crippen LogP contribution in [-0.4, -0.2) is 20.3 Å². The SMILES string of the molecule is Cn1ccnc1C(Nc1ccc(C(=O)c2ccccc2)cc1[N+](=O)[O-])c1ccccc1F. The van der Waals surface area contributed by atoms with E-state index in [1.807, 2.05) is 0 Å². The monoisotopic (exact) mass is 430 g/mol. The van der Waals surface area contributed by atoms with Crippen LogP contribution >= 0.6 is 0 Å². The van der Waals surface area contributed by atoms with Gasteiger partial charge in [0.25, 0.3) is 5.69 Å². The van der Waals surface area contributed by atoms with Gasteiger partial charge in [-0.2, -0.15) is 0 Å². The van der Waals surface area contributed by atoms with Crippen LogP contribution in [0.4, 0.5) is 15.8 Å². The average Bonchev–Trinajstić information content (AvgIpc) is 3.23. The number of ketones is 1. The molecular formula is C24H19FN4O3. The fourth-order valence-electron chi connectivity index (χ4n) is 3.50. The maximum atomic E-state index is 14.6. The summed E-state index contributed by atoms with van der Waals surface area (Å²) in [6.45, 7) is 0. The Labute approximate surface area is 183 Å². The van der Waals surface area contributed by atoms with E-state index in [1.54, 1.807) is 72.5 Å². The highest BCUT2D eigenvalue weighted by Gasteiger charge is 2.26. The maximum Gasteiger partial charge on any atom is 0.293 e. The number of nitrogens with zero attached hydrogens (tertiary/aromatic N) is 3. The molecule has 1 aromatic heterocycles. The van der Waals surface area contributed by atoms with E-state index in [0.29, 0.717) is 17.0 Å². The number of carbonyl (C=O) groups excluding carboxylic acids is 1. The second kappa shape index (κ2) is 8.81. The number of hydrogen-bond donors (Lipinski definition) is 1. The van der Waals surface area contributed by atoms with E-state index in [-0.39, 0.29) is 22.7 Å². The lowest BCUT2D eigenvalue weighted by atomic mass is 10.0. The Morgan fingerprint density at radius 1 is 1.06 bits per heavy atom. The number of rotatable bonds is 7. The molecule has 160 valence electrons. The Morgan fingerprint density at radius 3 is 2.44 bits per heavy atom. The topological polar surface area (TPSA) is 90.1 Å². The van der Waals surface area contributed by atoms with Gasteiger partial charge in [0, 0.05) is 42.2 Å². The molecule has 0 spiro atoms. The zero-order chi connectivity index (χ0) is 22.7. The Balaban J connectivity index is 1.76. The molecule has 1 heterocycles. The number of anilines is 1. The molecule has 0 aliphatic heterocycles. The number of hydrogen-bond acceptors (Lipinski definition) is 5. The highest BCUT2D eigenvalue weighted by atomic mass is 19.1. The van der Waals surface area contributed by atoms with E-state index in [1.165, 1.54) is 24.3 Å². The molecule has 7 nitrogen and oxygen atoms in total. The van der Waals surface area contributed by atoms with Crippen molar-refractivity contribution < 1.29 is 14.1 Å². The lowest BCUT2D eigenvalue weighted by Crippen LogP contribution is -2.19. The number of halogens is 1. The molecule has 0 saturated heterocycles. The summed E-state index contributed by atoms with van der Waals surface area (Å²) in [7, 11) is 1.76. The minimum absolute atomic E-state index is 0.149. The second-order valence-electron chi connectivity index (χ2n) is 7.18. The predicted octanol–water partition coefficient (Wildman–Crippen LogP) is 4.90. The molecule has 1 atom stereocenters. The van der Waals surface area contributed by atoms with Crippen LogP contribution in [0.25, 0.3) is 0 Å². The van der Waals surface area contributed by atoms with E-state index < -0.39 is 16.8 Å². The van der Waals surface area contributed by atoms with Gasteiger partial charge in [0.15, 0.2) is 5.78 Å². The molecular weight excluding hydrogens is 411 g/mol. The van der Waals surface area contributed by atoms with Crippen LogP contribution in [0, 0.1) is 15.9 Å². The normalized spacial score (nSPS) is 11.7. The minimum atomic E-state index is -0.787. The number of benzene rings is 3. The summed E-state index contributed by atoms with van der Waals surface area (Å²) in [5, 5.41) is 14.9. The number of nitro benzene ring substituents is 1. The van der Waals surface area contributed by atoms with Gasteiger partial charge in [0.1, 0.15) is 23.4 Å². The summed E-state index contributed by atoms with van der Waals surface area (Å²) in [5.41, 5.74) is 0.770. The molecule has 32 heavy (non-hydrogen) atoms. The van der Waals surface area contributed by atoms with Crippen LogP contribution in [-0.2, 0) is 7.05 Å². The van der Waals surface area contributed by atoms with Gasteiger partial charge in [0.05, 0.1) is 4.92 Å². The molecule has 0 bridgehead atoms. The molecule has 1 unspecified atom stereocenters. The number of imidazole rings is 1. The van der Waals surface area contributed by atoms with Crippen LogP contribution in [0.3, 0.4) is 0 Å². The molecule has 0 aliphatic carbocycles. The minimum Gasteiger partial charge on any atom is -0.366 e. The summed E-state index contributed by atoms with van der Waals surface area (Å²) in [6.07, 6.45) is 3.28. The fourth-order valence-corrected chi connectivity index (χ4v) is 3.50. The highest BCUT2D eigenvalue weighted by Crippen LogP contribution is 2.33. The first-order valence-electron chi connectivity index (χ1n) is 9.82. The Morgan fingerprint density at radius 2 is 1.78 bits per heavy atom. The first-order valence-corrected chi connectivity index (χ1v) is 9.82. The summed E-state index contributed by atoms with van der Waals surface area (Å²) < 4.78 is 16.3. The molecule has 0 amide bonds.